The molecule has 2 aliphatic rings. The molecule has 2 rings (SSSR count). The minimum absolute atomic E-state index is 0.488. The van der Waals surface area contributed by atoms with Crippen LogP contribution in [0.15, 0.2) is 0 Å². The third-order valence-electron chi connectivity index (χ3n) is 4.34. The fourth-order valence-electron chi connectivity index (χ4n) is 2.62. The van der Waals surface area contributed by atoms with Crippen molar-refractivity contribution >= 4 is 16.1 Å². The van der Waals surface area contributed by atoms with Crippen LogP contribution in [-0.4, -0.2) is 34.9 Å². The van der Waals surface area contributed by atoms with E-state index in [1.54, 1.807) is 20.8 Å². The number of sulfonamides is 1. The highest BCUT2D eigenvalue weighted by atomic mass is 32.2. The Kier molecular flexibility index (Phi) is 3.79. The zero-order valence-electron chi connectivity index (χ0n) is 12.3. The Morgan fingerprint density at radius 1 is 1.35 bits per heavy atom. The fraction of sp³-hybridized carbons (Fsp3) is 0.923. The van der Waals surface area contributed by atoms with Gasteiger partial charge in [-0.15, -0.1) is 4.83 Å². The largest absolute Gasteiger partial charge is 0.464 e. The molecular formula is C13H24N2O4S. The molecule has 0 heterocycles. The molecular weight excluding hydrogens is 280 g/mol. The molecule has 0 saturated heterocycles. The van der Waals surface area contributed by atoms with E-state index in [4.69, 9.17) is 0 Å². The summed E-state index contributed by atoms with van der Waals surface area (Å²) in [4.78, 5) is 13.6. The van der Waals surface area contributed by atoms with E-state index in [-0.39, 0.29) is 0 Å². The van der Waals surface area contributed by atoms with Crippen molar-refractivity contribution < 1.29 is 18.3 Å². The monoisotopic (exact) mass is 304 g/mol. The molecule has 116 valence electrons. The standard InChI is InChI=1S/C13H24N2O4S/c1-12(2,3)15(11(16)17)14-20(18,19)13(7-8-13)9-10-5-4-6-10/h10,14H,4-9H2,1-3H3,(H,16,17). The van der Waals surface area contributed by atoms with E-state index in [2.05, 4.69) is 4.83 Å². The van der Waals surface area contributed by atoms with Crippen LogP contribution in [0.1, 0.15) is 59.3 Å². The molecule has 0 aromatic rings. The molecule has 0 bridgehead atoms. The lowest BCUT2D eigenvalue weighted by Crippen LogP contribution is -2.57. The summed E-state index contributed by atoms with van der Waals surface area (Å²) in [6.45, 7) is 4.99. The zero-order chi connectivity index (χ0) is 15.2. The van der Waals surface area contributed by atoms with Crippen molar-refractivity contribution in [3.63, 3.8) is 0 Å². The molecule has 1 amide bonds. The molecule has 2 fully saturated rings. The minimum Gasteiger partial charge on any atom is -0.464 e. The first-order chi connectivity index (χ1) is 9.07. The molecule has 0 aromatic heterocycles. The van der Waals surface area contributed by atoms with E-state index in [0.717, 1.165) is 17.9 Å². The highest BCUT2D eigenvalue weighted by molar-refractivity contribution is 7.91. The summed E-state index contributed by atoms with van der Waals surface area (Å²) in [6, 6.07) is 0. The average molecular weight is 304 g/mol. The predicted molar refractivity (Wildman–Crippen MR) is 75.6 cm³/mol. The Bertz CT molecular complexity index is 487. The molecule has 7 heteroatoms. The van der Waals surface area contributed by atoms with Crippen LogP contribution in [0.3, 0.4) is 0 Å². The molecule has 0 aromatic carbocycles. The van der Waals surface area contributed by atoms with Gasteiger partial charge in [0, 0.05) is 0 Å². The van der Waals surface area contributed by atoms with E-state index in [1.165, 1.54) is 6.42 Å². The van der Waals surface area contributed by atoms with Gasteiger partial charge >= 0.3 is 6.09 Å². The van der Waals surface area contributed by atoms with Gasteiger partial charge in [-0.3, -0.25) is 0 Å². The topological polar surface area (TPSA) is 86.7 Å². The average Bonchev–Trinajstić information content (AvgIpc) is 2.99. The molecule has 0 unspecified atom stereocenters. The summed E-state index contributed by atoms with van der Waals surface area (Å²) in [5.74, 6) is 0.488. The second-order valence-corrected chi connectivity index (χ2v) is 9.12. The Hall–Kier alpha value is -0.820. The normalized spacial score (nSPS) is 22.1. The third-order valence-corrected chi connectivity index (χ3v) is 6.47. The van der Waals surface area contributed by atoms with Crippen LogP contribution in [0, 0.1) is 5.92 Å². The van der Waals surface area contributed by atoms with Gasteiger partial charge in [-0.1, -0.05) is 19.3 Å². The van der Waals surface area contributed by atoms with E-state index in [9.17, 15) is 18.3 Å². The maximum Gasteiger partial charge on any atom is 0.423 e. The van der Waals surface area contributed by atoms with Crippen molar-refractivity contribution in [2.24, 2.45) is 5.92 Å². The lowest BCUT2D eigenvalue weighted by atomic mass is 9.81. The summed E-state index contributed by atoms with van der Waals surface area (Å²) < 4.78 is 24.3. The molecule has 2 N–H and O–H groups in total. The Balaban J connectivity index is 2.11. The summed E-state index contributed by atoms with van der Waals surface area (Å²) in [7, 11) is -3.65. The molecule has 0 radical (unpaired) electrons. The summed E-state index contributed by atoms with van der Waals surface area (Å²) in [5.41, 5.74) is -0.814. The smallest absolute Gasteiger partial charge is 0.423 e. The molecule has 0 spiro atoms. The quantitative estimate of drug-likeness (QED) is 0.763. The van der Waals surface area contributed by atoms with Gasteiger partial charge in [0.15, 0.2) is 0 Å². The fourth-order valence-corrected chi connectivity index (χ4v) is 4.51. The number of carbonyl (C=O) groups is 1. The lowest BCUT2D eigenvalue weighted by Gasteiger charge is -2.35. The van der Waals surface area contributed by atoms with Crippen molar-refractivity contribution in [1.29, 1.82) is 0 Å². The van der Waals surface area contributed by atoms with Gasteiger partial charge in [0.25, 0.3) is 0 Å². The molecule has 0 atom stereocenters. The molecule has 0 aliphatic heterocycles. The van der Waals surface area contributed by atoms with Crippen LogP contribution in [0.2, 0.25) is 0 Å². The zero-order valence-corrected chi connectivity index (χ0v) is 13.2. The number of nitrogens with zero attached hydrogens (tertiary/aromatic N) is 1. The highest BCUT2D eigenvalue weighted by Gasteiger charge is 2.56. The number of carboxylic acid groups (broad SMARTS) is 1. The van der Waals surface area contributed by atoms with Crippen LogP contribution in [0.25, 0.3) is 0 Å². The van der Waals surface area contributed by atoms with Crippen molar-refractivity contribution in [3.05, 3.63) is 0 Å². The number of rotatable bonds is 5. The molecule has 2 saturated carbocycles. The van der Waals surface area contributed by atoms with Crippen LogP contribution in [0.5, 0.6) is 0 Å². The SMILES string of the molecule is CC(C)(C)N(NS(=O)(=O)C1(CC2CCC2)CC1)C(=O)O. The third kappa shape index (κ3) is 2.93. The maximum atomic E-state index is 12.5. The van der Waals surface area contributed by atoms with E-state index >= 15 is 0 Å². The van der Waals surface area contributed by atoms with Crippen LogP contribution in [-0.2, 0) is 10.0 Å². The van der Waals surface area contributed by atoms with E-state index in [1.807, 2.05) is 0 Å². The number of hydrogen-bond acceptors (Lipinski definition) is 3. The van der Waals surface area contributed by atoms with Gasteiger partial charge in [0.2, 0.25) is 10.0 Å². The molecule has 20 heavy (non-hydrogen) atoms. The van der Waals surface area contributed by atoms with Crippen molar-refractivity contribution in [1.82, 2.24) is 9.84 Å². The van der Waals surface area contributed by atoms with Crippen LogP contribution >= 0.6 is 0 Å². The number of hydrogen-bond donors (Lipinski definition) is 2. The summed E-state index contributed by atoms with van der Waals surface area (Å²) >= 11 is 0. The Morgan fingerprint density at radius 3 is 2.20 bits per heavy atom. The first kappa shape index (κ1) is 15.6. The first-order valence-corrected chi connectivity index (χ1v) is 8.61. The van der Waals surface area contributed by atoms with Crippen molar-refractivity contribution in [2.45, 2.75) is 69.6 Å². The van der Waals surface area contributed by atoms with E-state index in [0.29, 0.717) is 25.2 Å². The second-order valence-electron chi connectivity index (χ2n) is 7.07. The number of nitrogens with one attached hydrogen (secondary N) is 1. The van der Waals surface area contributed by atoms with Gasteiger partial charge in [-0.2, -0.15) is 0 Å². The van der Waals surface area contributed by atoms with Gasteiger partial charge in [-0.05, 0) is 46.0 Å². The van der Waals surface area contributed by atoms with Crippen molar-refractivity contribution in [2.75, 3.05) is 0 Å². The van der Waals surface area contributed by atoms with Crippen molar-refractivity contribution in [3.8, 4) is 0 Å². The number of hydrazine groups is 1. The van der Waals surface area contributed by atoms with Gasteiger partial charge in [0.05, 0.1) is 10.3 Å². The second kappa shape index (κ2) is 4.87. The van der Waals surface area contributed by atoms with Crippen LogP contribution < -0.4 is 4.83 Å². The van der Waals surface area contributed by atoms with E-state index < -0.39 is 26.4 Å². The minimum atomic E-state index is -3.65. The lowest BCUT2D eigenvalue weighted by molar-refractivity contribution is 0.0851. The highest BCUT2D eigenvalue weighted by Crippen LogP contribution is 2.51. The predicted octanol–water partition coefficient (Wildman–Crippen LogP) is 2.32. The Labute approximate surface area is 120 Å². The van der Waals surface area contributed by atoms with Gasteiger partial charge in [0.1, 0.15) is 0 Å². The summed E-state index contributed by atoms with van der Waals surface area (Å²) in [5, 5.41) is 9.99. The van der Waals surface area contributed by atoms with Gasteiger partial charge in [-0.25, -0.2) is 18.2 Å². The number of amides is 1. The Morgan fingerprint density at radius 2 is 1.90 bits per heavy atom. The first-order valence-electron chi connectivity index (χ1n) is 7.13. The van der Waals surface area contributed by atoms with Gasteiger partial charge < -0.3 is 5.11 Å². The molecule has 2 aliphatic carbocycles. The molecule has 6 nitrogen and oxygen atoms in total. The maximum absolute atomic E-state index is 12.5. The van der Waals surface area contributed by atoms with Crippen LogP contribution in [0.4, 0.5) is 4.79 Å². The summed E-state index contributed by atoms with van der Waals surface area (Å²) in [6.07, 6.45) is 4.03.